The van der Waals surface area contributed by atoms with Crippen molar-refractivity contribution in [2.24, 2.45) is 5.92 Å². The molecule has 1 aromatic carbocycles. The van der Waals surface area contributed by atoms with E-state index in [0.717, 1.165) is 25.7 Å². The molecule has 0 bridgehead atoms. The number of methoxy groups -OCH3 is 1. The molecule has 25 heavy (non-hydrogen) atoms. The molecule has 0 radical (unpaired) electrons. The zero-order chi connectivity index (χ0) is 18.3. The van der Waals surface area contributed by atoms with Crippen LogP contribution in [0.2, 0.25) is 5.02 Å². The first-order valence-corrected chi connectivity index (χ1v) is 9.25. The molecule has 140 valence electrons. The van der Waals surface area contributed by atoms with E-state index in [0.29, 0.717) is 42.2 Å². The van der Waals surface area contributed by atoms with Crippen LogP contribution >= 0.6 is 11.6 Å². The van der Waals surface area contributed by atoms with Gasteiger partial charge in [0.15, 0.2) is 0 Å². The van der Waals surface area contributed by atoms with Crippen molar-refractivity contribution in [3.8, 4) is 5.75 Å². The zero-order valence-corrected chi connectivity index (χ0v) is 16.0. The molecule has 1 aliphatic carbocycles. The van der Waals surface area contributed by atoms with Crippen molar-refractivity contribution in [1.29, 1.82) is 0 Å². The first-order valence-electron chi connectivity index (χ1n) is 8.87. The van der Waals surface area contributed by atoms with Crippen molar-refractivity contribution in [1.82, 2.24) is 0 Å². The number of anilines is 1. The van der Waals surface area contributed by atoms with E-state index in [2.05, 4.69) is 12.2 Å². The van der Waals surface area contributed by atoms with Crippen LogP contribution in [0, 0.1) is 5.92 Å². The lowest BCUT2D eigenvalue weighted by atomic mass is 9.78. The molecule has 6 heteroatoms. The second-order valence-corrected chi connectivity index (χ2v) is 6.96. The van der Waals surface area contributed by atoms with E-state index in [-0.39, 0.29) is 5.91 Å². The highest BCUT2D eigenvalue weighted by atomic mass is 35.5. The Morgan fingerprint density at radius 3 is 2.64 bits per heavy atom. The van der Waals surface area contributed by atoms with E-state index in [1.54, 1.807) is 25.3 Å². The minimum atomic E-state index is -0.735. The molecule has 1 fully saturated rings. The van der Waals surface area contributed by atoms with Crippen molar-refractivity contribution in [3.63, 3.8) is 0 Å². The van der Waals surface area contributed by atoms with Crippen molar-refractivity contribution >= 4 is 23.2 Å². The quantitative estimate of drug-likeness (QED) is 0.694. The van der Waals surface area contributed by atoms with Gasteiger partial charge in [-0.25, -0.2) is 0 Å². The van der Waals surface area contributed by atoms with Crippen LogP contribution < -0.4 is 10.1 Å². The molecule has 0 aliphatic heterocycles. The number of ether oxygens (including phenoxy) is 3. The normalized spacial score (nSPS) is 23.3. The van der Waals surface area contributed by atoms with Gasteiger partial charge in [-0.15, -0.1) is 0 Å². The molecule has 0 unspecified atom stereocenters. The number of halogens is 1. The van der Waals surface area contributed by atoms with Crippen LogP contribution in [0.4, 0.5) is 5.69 Å². The molecule has 0 aromatic heterocycles. The summed E-state index contributed by atoms with van der Waals surface area (Å²) in [5.74, 6) is 1.12. The number of amides is 1. The summed E-state index contributed by atoms with van der Waals surface area (Å²) in [4.78, 5) is 12.9. The summed E-state index contributed by atoms with van der Waals surface area (Å²) in [6.07, 6.45) is 3.50. The van der Waals surface area contributed by atoms with Crippen molar-refractivity contribution in [3.05, 3.63) is 23.2 Å². The molecule has 5 nitrogen and oxygen atoms in total. The second kappa shape index (κ2) is 9.41. The van der Waals surface area contributed by atoms with Gasteiger partial charge in [0.1, 0.15) is 18.0 Å². The first kappa shape index (κ1) is 20.0. The largest absolute Gasteiger partial charge is 0.490 e. The first-order chi connectivity index (χ1) is 12.0. The van der Waals surface area contributed by atoms with Crippen LogP contribution in [0.1, 0.15) is 39.5 Å². The molecule has 1 N–H and O–H groups in total. The molecule has 0 atom stereocenters. The van der Waals surface area contributed by atoms with Gasteiger partial charge >= 0.3 is 0 Å². The third-order valence-corrected chi connectivity index (χ3v) is 4.95. The van der Waals surface area contributed by atoms with E-state index in [1.807, 2.05) is 6.92 Å². The van der Waals surface area contributed by atoms with Gasteiger partial charge in [-0.3, -0.25) is 4.79 Å². The molecule has 0 heterocycles. The Labute approximate surface area is 155 Å². The smallest absolute Gasteiger partial charge is 0.256 e. The predicted molar refractivity (Wildman–Crippen MR) is 99.4 cm³/mol. The molecule has 1 aliphatic rings. The maximum absolute atomic E-state index is 12.9. The topological polar surface area (TPSA) is 56.8 Å². The number of hydrogen-bond acceptors (Lipinski definition) is 4. The Bertz CT molecular complexity index is 571. The summed E-state index contributed by atoms with van der Waals surface area (Å²) in [5.41, 5.74) is -0.0896. The lowest BCUT2D eigenvalue weighted by Crippen LogP contribution is -2.48. The summed E-state index contributed by atoms with van der Waals surface area (Å²) in [7, 11) is 1.61. The Kier molecular flexibility index (Phi) is 7.54. The number of nitrogens with one attached hydrogen (secondary N) is 1. The number of carbonyl (C=O) groups is 1. The Balaban J connectivity index is 2.04. The van der Waals surface area contributed by atoms with Gasteiger partial charge in [0.25, 0.3) is 5.91 Å². The maximum Gasteiger partial charge on any atom is 0.256 e. The summed E-state index contributed by atoms with van der Waals surface area (Å²) in [6.45, 7) is 5.58. The fraction of sp³-hybridized carbons (Fsp3) is 0.632. The van der Waals surface area contributed by atoms with E-state index in [4.69, 9.17) is 25.8 Å². The molecule has 2 rings (SSSR count). The maximum atomic E-state index is 12.9. The number of benzene rings is 1. The Morgan fingerprint density at radius 1 is 1.32 bits per heavy atom. The summed E-state index contributed by atoms with van der Waals surface area (Å²) in [5, 5.41) is 3.41. The van der Waals surface area contributed by atoms with Crippen molar-refractivity contribution in [2.75, 3.05) is 32.2 Å². The van der Waals surface area contributed by atoms with Crippen LogP contribution in [-0.4, -0.2) is 38.4 Å². The van der Waals surface area contributed by atoms with E-state index < -0.39 is 5.60 Å². The van der Waals surface area contributed by atoms with Gasteiger partial charge < -0.3 is 19.5 Å². The molecule has 1 amide bonds. The van der Waals surface area contributed by atoms with E-state index in [1.165, 1.54) is 0 Å². The Morgan fingerprint density at radius 2 is 2.04 bits per heavy atom. The number of carbonyl (C=O) groups excluding carboxylic acids is 1. The van der Waals surface area contributed by atoms with Gasteiger partial charge in [-0.2, -0.15) is 0 Å². The fourth-order valence-electron chi connectivity index (χ4n) is 3.12. The van der Waals surface area contributed by atoms with E-state index in [9.17, 15) is 4.79 Å². The third-order valence-electron chi connectivity index (χ3n) is 4.65. The lowest BCUT2D eigenvalue weighted by molar-refractivity contribution is -0.146. The highest BCUT2D eigenvalue weighted by Crippen LogP contribution is 2.36. The average molecular weight is 370 g/mol. The van der Waals surface area contributed by atoms with Gasteiger partial charge in [-0.1, -0.05) is 18.5 Å². The summed E-state index contributed by atoms with van der Waals surface area (Å²) >= 11 is 6.24. The summed E-state index contributed by atoms with van der Waals surface area (Å²) < 4.78 is 16.4. The van der Waals surface area contributed by atoms with Crippen molar-refractivity contribution < 1.29 is 19.0 Å². The van der Waals surface area contributed by atoms with Gasteiger partial charge in [0.05, 0.1) is 11.6 Å². The predicted octanol–water partition coefficient (Wildman–Crippen LogP) is 4.29. The zero-order valence-electron chi connectivity index (χ0n) is 15.3. The molecule has 0 spiro atoms. The molecular weight excluding hydrogens is 342 g/mol. The monoisotopic (exact) mass is 369 g/mol. The van der Waals surface area contributed by atoms with Gasteiger partial charge in [0, 0.05) is 19.4 Å². The third kappa shape index (κ3) is 5.33. The van der Waals surface area contributed by atoms with Crippen LogP contribution in [-0.2, 0) is 14.3 Å². The van der Waals surface area contributed by atoms with Crippen LogP contribution in [0.5, 0.6) is 5.75 Å². The van der Waals surface area contributed by atoms with Crippen LogP contribution in [0.15, 0.2) is 18.2 Å². The molecular formula is C19H28ClNO4. The van der Waals surface area contributed by atoms with Crippen molar-refractivity contribution in [2.45, 2.75) is 45.1 Å². The van der Waals surface area contributed by atoms with Crippen LogP contribution in [0.3, 0.4) is 0 Å². The SMILES string of the molecule is CCOC1(C(=O)Nc2ccc(OCCOC)c(Cl)c2)CCC(C)CC1. The lowest BCUT2D eigenvalue weighted by Gasteiger charge is -2.37. The summed E-state index contributed by atoms with van der Waals surface area (Å²) in [6, 6.07) is 5.24. The minimum Gasteiger partial charge on any atom is -0.490 e. The van der Waals surface area contributed by atoms with Crippen LogP contribution in [0.25, 0.3) is 0 Å². The molecule has 0 saturated heterocycles. The van der Waals surface area contributed by atoms with Gasteiger partial charge in [0.2, 0.25) is 0 Å². The number of hydrogen-bond donors (Lipinski definition) is 1. The Hall–Kier alpha value is -1.30. The highest BCUT2D eigenvalue weighted by molar-refractivity contribution is 6.32. The molecule has 1 saturated carbocycles. The highest BCUT2D eigenvalue weighted by Gasteiger charge is 2.41. The van der Waals surface area contributed by atoms with E-state index >= 15 is 0 Å². The van der Waals surface area contributed by atoms with Gasteiger partial charge in [-0.05, 0) is 56.7 Å². The molecule has 1 aromatic rings. The average Bonchev–Trinajstić information content (AvgIpc) is 2.59. The minimum absolute atomic E-state index is 0.0923. The standard InChI is InChI=1S/C19H28ClNO4/c1-4-25-19(9-7-14(2)8-10-19)18(22)21-15-5-6-17(16(20)13-15)24-12-11-23-3/h5-6,13-14H,4,7-12H2,1-3H3,(H,21,22). The second-order valence-electron chi connectivity index (χ2n) is 6.55. The fourth-order valence-corrected chi connectivity index (χ4v) is 3.35. The number of rotatable bonds is 8.